The summed E-state index contributed by atoms with van der Waals surface area (Å²) in [6.45, 7) is 18.8. The molecule has 5 rings (SSSR count). The van der Waals surface area contributed by atoms with Gasteiger partial charge >= 0.3 is 5.97 Å². The van der Waals surface area contributed by atoms with E-state index >= 15 is 0 Å². The van der Waals surface area contributed by atoms with Gasteiger partial charge in [0.05, 0.1) is 5.60 Å². The van der Waals surface area contributed by atoms with Crippen LogP contribution in [0.4, 0.5) is 0 Å². The van der Waals surface area contributed by atoms with Crippen molar-refractivity contribution in [1.29, 1.82) is 0 Å². The number of carbonyl (C=O) groups is 1. The molecule has 4 saturated carbocycles. The lowest BCUT2D eigenvalue weighted by Gasteiger charge is -2.70. The van der Waals surface area contributed by atoms with Crippen LogP contribution < -0.4 is 0 Å². The van der Waals surface area contributed by atoms with Crippen molar-refractivity contribution in [3.63, 3.8) is 0 Å². The van der Waals surface area contributed by atoms with Crippen LogP contribution in [0.5, 0.6) is 11.5 Å². The van der Waals surface area contributed by atoms with Crippen molar-refractivity contribution in [1.82, 2.24) is 0 Å². The Morgan fingerprint density at radius 2 is 1.64 bits per heavy atom. The van der Waals surface area contributed by atoms with Crippen molar-refractivity contribution < 1.29 is 24.9 Å². The average Bonchev–Trinajstić information content (AvgIpc) is 3.30. The van der Waals surface area contributed by atoms with E-state index in [4.69, 9.17) is 4.74 Å². The number of aromatic hydroxyl groups is 2. The highest BCUT2D eigenvalue weighted by atomic mass is 16.5. The average molecular weight is 607 g/mol. The molecule has 244 valence electrons. The molecule has 0 aromatic heterocycles. The largest absolute Gasteiger partial charge is 0.504 e. The molecular weight excluding hydrogens is 548 g/mol. The molecule has 0 radical (unpaired) electrons. The number of allylic oxidation sites excluding steroid dienone is 2. The Bertz CT molecular complexity index is 1300. The van der Waals surface area contributed by atoms with E-state index in [1.807, 2.05) is 0 Å². The van der Waals surface area contributed by atoms with Gasteiger partial charge in [-0.05, 0) is 149 Å². The standard InChI is InChI=1S/C39H58O5/c1-25(2)10-9-20-39(8,43)28-17-22-37(6)27(28)13-15-32-36(5)21-19-33(35(3,4)31(36)18-23-38(32,37)7)44-34(42)16-12-26-11-14-29(40)30(41)24-26/h10-12,14,16,24,27-28,31-33,40-41,43H,9,13,15,17-23H2,1-8H3/t27-,28+,31+,32-,33+,36+,37-,38-,39+/m1/s1. The Morgan fingerprint density at radius 3 is 2.32 bits per heavy atom. The summed E-state index contributed by atoms with van der Waals surface area (Å²) in [5.41, 5.74) is 1.86. The third-order valence-corrected chi connectivity index (χ3v) is 14.0. The van der Waals surface area contributed by atoms with E-state index in [9.17, 15) is 20.1 Å². The topological polar surface area (TPSA) is 87.0 Å². The minimum atomic E-state index is -0.625. The monoisotopic (exact) mass is 606 g/mol. The minimum Gasteiger partial charge on any atom is -0.504 e. The zero-order valence-electron chi connectivity index (χ0n) is 28.6. The van der Waals surface area contributed by atoms with E-state index in [1.165, 1.54) is 49.5 Å². The lowest BCUT2D eigenvalue weighted by Crippen LogP contribution is -2.64. The maximum Gasteiger partial charge on any atom is 0.331 e. The fourth-order valence-corrected chi connectivity index (χ4v) is 11.5. The van der Waals surface area contributed by atoms with Crippen LogP contribution in [-0.2, 0) is 9.53 Å². The van der Waals surface area contributed by atoms with Gasteiger partial charge in [-0.25, -0.2) is 4.79 Å². The maximum absolute atomic E-state index is 13.0. The smallest absolute Gasteiger partial charge is 0.331 e. The Balaban J connectivity index is 1.31. The Morgan fingerprint density at radius 1 is 0.932 bits per heavy atom. The van der Waals surface area contributed by atoms with Crippen molar-refractivity contribution in [3.8, 4) is 11.5 Å². The van der Waals surface area contributed by atoms with Crippen LogP contribution in [0.1, 0.15) is 125 Å². The van der Waals surface area contributed by atoms with E-state index in [1.54, 1.807) is 12.1 Å². The summed E-state index contributed by atoms with van der Waals surface area (Å²) in [6, 6.07) is 4.50. The molecule has 0 aliphatic heterocycles. The van der Waals surface area contributed by atoms with E-state index in [-0.39, 0.29) is 45.2 Å². The van der Waals surface area contributed by atoms with Gasteiger partial charge in [0.1, 0.15) is 6.10 Å². The SMILES string of the molecule is CC(C)=CCC[C@](C)(O)[C@H]1CC[C@]2(C)[C@@H]1CC[C@@H]1[C@@]3(C)CC[C@H](OC(=O)C=Cc4ccc(O)c(O)c4)C(C)(C)[C@@H]3CC[C@]12C. The van der Waals surface area contributed by atoms with Crippen molar-refractivity contribution in [2.45, 2.75) is 131 Å². The van der Waals surface area contributed by atoms with Crippen LogP contribution in [0.15, 0.2) is 35.9 Å². The first-order valence-electron chi connectivity index (χ1n) is 17.2. The quantitative estimate of drug-likeness (QED) is 0.125. The lowest BCUT2D eigenvalue weighted by atomic mass is 9.35. The van der Waals surface area contributed by atoms with Gasteiger partial charge in [-0.2, -0.15) is 0 Å². The zero-order chi connectivity index (χ0) is 32.3. The molecule has 0 heterocycles. The third kappa shape index (κ3) is 5.43. The summed E-state index contributed by atoms with van der Waals surface area (Å²) in [6.07, 6.45) is 16.0. The van der Waals surface area contributed by atoms with Gasteiger partial charge in [0.25, 0.3) is 0 Å². The highest BCUT2D eigenvalue weighted by Crippen LogP contribution is 2.76. The summed E-state index contributed by atoms with van der Waals surface area (Å²) in [5.74, 6) is 1.28. The van der Waals surface area contributed by atoms with E-state index in [0.29, 0.717) is 29.2 Å². The normalized spacial score (nSPS) is 39.1. The number of benzene rings is 1. The highest BCUT2D eigenvalue weighted by molar-refractivity contribution is 5.87. The number of fused-ring (bicyclic) bond motifs is 5. The Hall–Kier alpha value is -2.27. The molecule has 0 unspecified atom stereocenters. The van der Waals surface area contributed by atoms with Crippen LogP contribution in [0.3, 0.4) is 0 Å². The Labute approximate surface area is 266 Å². The predicted octanol–water partition coefficient (Wildman–Crippen LogP) is 9.21. The molecule has 0 saturated heterocycles. The van der Waals surface area contributed by atoms with Gasteiger partial charge in [-0.15, -0.1) is 0 Å². The van der Waals surface area contributed by atoms with Crippen molar-refractivity contribution in [3.05, 3.63) is 41.5 Å². The second kappa shape index (κ2) is 11.5. The second-order valence-corrected chi connectivity index (χ2v) is 16.9. The van der Waals surface area contributed by atoms with E-state index in [2.05, 4.69) is 61.5 Å². The number of esters is 1. The maximum atomic E-state index is 13.0. The number of phenolic OH excluding ortho intramolecular Hbond substituents is 2. The van der Waals surface area contributed by atoms with Crippen LogP contribution in [0.2, 0.25) is 0 Å². The molecule has 0 bridgehead atoms. The second-order valence-electron chi connectivity index (χ2n) is 16.9. The predicted molar refractivity (Wildman–Crippen MR) is 177 cm³/mol. The molecule has 4 aliphatic carbocycles. The summed E-state index contributed by atoms with van der Waals surface area (Å²) < 4.78 is 6.16. The first kappa shape index (κ1) is 33.1. The number of hydrogen-bond donors (Lipinski definition) is 3. The number of phenols is 2. The summed E-state index contributed by atoms with van der Waals surface area (Å²) in [7, 11) is 0. The van der Waals surface area contributed by atoms with Crippen molar-refractivity contribution >= 4 is 12.0 Å². The minimum absolute atomic E-state index is 0.140. The highest BCUT2D eigenvalue weighted by Gasteiger charge is 2.69. The van der Waals surface area contributed by atoms with E-state index in [0.717, 1.165) is 38.5 Å². The summed E-state index contributed by atoms with van der Waals surface area (Å²) in [4.78, 5) is 13.0. The molecule has 5 heteroatoms. The lowest BCUT2D eigenvalue weighted by molar-refractivity contribution is -0.229. The summed E-state index contributed by atoms with van der Waals surface area (Å²) in [5, 5.41) is 31.1. The van der Waals surface area contributed by atoms with Crippen LogP contribution in [0, 0.1) is 45.3 Å². The van der Waals surface area contributed by atoms with Gasteiger partial charge in [-0.1, -0.05) is 52.3 Å². The number of aliphatic hydroxyl groups is 1. The van der Waals surface area contributed by atoms with Gasteiger partial charge < -0.3 is 20.1 Å². The molecule has 1 aromatic carbocycles. The first-order chi connectivity index (χ1) is 20.5. The van der Waals surface area contributed by atoms with Crippen LogP contribution in [-0.4, -0.2) is 33.0 Å². The summed E-state index contributed by atoms with van der Waals surface area (Å²) >= 11 is 0. The molecule has 0 amide bonds. The molecular formula is C39H58O5. The van der Waals surface area contributed by atoms with Gasteiger partial charge in [-0.3, -0.25) is 0 Å². The molecule has 0 spiro atoms. The fourth-order valence-electron chi connectivity index (χ4n) is 11.5. The van der Waals surface area contributed by atoms with Crippen molar-refractivity contribution in [2.24, 2.45) is 45.3 Å². The first-order valence-corrected chi connectivity index (χ1v) is 17.2. The molecule has 3 N–H and O–H groups in total. The third-order valence-electron chi connectivity index (χ3n) is 14.0. The van der Waals surface area contributed by atoms with Gasteiger partial charge in [0.2, 0.25) is 0 Å². The van der Waals surface area contributed by atoms with Crippen molar-refractivity contribution in [2.75, 3.05) is 0 Å². The van der Waals surface area contributed by atoms with Gasteiger partial charge in [0.15, 0.2) is 11.5 Å². The molecule has 4 aliphatic rings. The Kier molecular flexibility index (Phi) is 8.66. The number of carbonyl (C=O) groups excluding carboxylic acids is 1. The zero-order valence-corrected chi connectivity index (χ0v) is 28.6. The van der Waals surface area contributed by atoms with Crippen LogP contribution >= 0.6 is 0 Å². The molecule has 1 aromatic rings. The molecule has 44 heavy (non-hydrogen) atoms. The van der Waals surface area contributed by atoms with Crippen LogP contribution in [0.25, 0.3) is 6.08 Å². The number of hydrogen-bond acceptors (Lipinski definition) is 5. The molecule has 4 fully saturated rings. The fraction of sp³-hybridized carbons (Fsp3) is 0.718. The van der Waals surface area contributed by atoms with Gasteiger partial charge in [0, 0.05) is 11.5 Å². The number of rotatable bonds is 7. The van der Waals surface area contributed by atoms with E-state index < -0.39 is 5.60 Å². The molecule has 9 atom stereocenters. The number of ether oxygens (including phenoxy) is 1. The molecule has 5 nitrogen and oxygen atoms in total.